The van der Waals surface area contributed by atoms with Crippen LogP contribution in [0.4, 0.5) is 0 Å². The second kappa shape index (κ2) is 9.86. The van der Waals surface area contributed by atoms with Gasteiger partial charge in [0, 0.05) is 13.2 Å². The third kappa shape index (κ3) is 8.24. The molecule has 2 aliphatic rings. The molecule has 2 heterocycles. The second-order valence-electron chi connectivity index (χ2n) is 9.78. The summed E-state index contributed by atoms with van der Waals surface area (Å²) >= 11 is 0. The standard InChI is InChI=1S/C22H42O4/c1-17-13-19(7-10-23-17)15-22(5,6)25-12-9-21(3,4)26-16-20-8-11-24-18(2)14-20/h17-20H,7-16H2,1-6H3. The molecule has 4 heteroatoms. The molecule has 0 amide bonds. The fourth-order valence-electron chi connectivity index (χ4n) is 4.26. The summed E-state index contributed by atoms with van der Waals surface area (Å²) in [5.74, 6) is 1.35. The molecule has 4 unspecified atom stereocenters. The first-order chi connectivity index (χ1) is 12.2. The first-order valence-corrected chi connectivity index (χ1v) is 10.7. The van der Waals surface area contributed by atoms with Gasteiger partial charge in [-0.15, -0.1) is 0 Å². The van der Waals surface area contributed by atoms with E-state index in [1.54, 1.807) is 0 Å². The van der Waals surface area contributed by atoms with Gasteiger partial charge < -0.3 is 18.9 Å². The maximum Gasteiger partial charge on any atom is 0.0648 e. The Morgan fingerprint density at radius 3 is 2.00 bits per heavy atom. The highest BCUT2D eigenvalue weighted by atomic mass is 16.5. The summed E-state index contributed by atoms with van der Waals surface area (Å²) < 4.78 is 23.8. The van der Waals surface area contributed by atoms with Gasteiger partial charge in [0.15, 0.2) is 0 Å². The van der Waals surface area contributed by atoms with Gasteiger partial charge in [-0.05, 0) is 91.9 Å². The molecule has 0 spiro atoms. The average molecular weight is 371 g/mol. The molecule has 4 atom stereocenters. The molecule has 0 radical (unpaired) electrons. The minimum absolute atomic E-state index is 0.0754. The molecule has 2 aliphatic heterocycles. The van der Waals surface area contributed by atoms with Crippen molar-refractivity contribution in [1.82, 2.24) is 0 Å². The second-order valence-corrected chi connectivity index (χ2v) is 9.78. The number of hydrogen-bond donors (Lipinski definition) is 0. The Morgan fingerprint density at radius 2 is 1.38 bits per heavy atom. The van der Waals surface area contributed by atoms with Crippen LogP contribution in [0.3, 0.4) is 0 Å². The van der Waals surface area contributed by atoms with Crippen LogP contribution in [0.15, 0.2) is 0 Å². The molecule has 2 saturated heterocycles. The first-order valence-electron chi connectivity index (χ1n) is 10.7. The van der Waals surface area contributed by atoms with Crippen molar-refractivity contribution in [1.29, 1.82) is 0 Å². The lowest BCUT2D eigenvalue weighted by atomic mass is 9.86. The number of ether oxygens (including phenoxy) is 4. The zero-order chi connectivity index (χ0) is 19.2. The molecular formula is C22H42O4. The Labute approximate surface area is 161 Å². The van der Waals surface area contributed by atoms with Crippen molar-refractivity contribution in [2.45, 2.75) is 103 Å². The van der Waals surface area contributed by atoms with Crippen molar-refractivity contribution in [2.24, 2.45) is 11.8 Å². The van der Waals surface area contributed by atoms with E-state index in [-0.39, 0.29) is 11.2 Å². The fraction of sp³-hybridized carbons (Fsp3) is 1.00. The maximum atomic E-state index is 6.27. The predicted octanol–water partition coefficient (Wildman–Crippen LogP) is 4.99. The van der Waals surface area contributed by atoms with Gasteiger partial charge in [0.1, 0.15) is 0 Å². The van der Waals surface area contributed by atoms with Crippen molar-refractivity contribution >= 4 is 0 Å². The van der Waals surface area contributed by atoms with Gasteiger partial charge >= 0.3 is 0 Å². The SMILES string of the molecule is CC1CC(COC(C)(C)CCOC(C)(C)CC2CCOC(C)C2)CCO1. The quantitative estimate of drug-likeness (QED) is 0.573. The lowest BCUT2D eigenvalue weighted by Crippen LogP contribution is -2.35. The van der Waals surface area contributed by atoms with E-state index in [9.17, 15) is 0 Å². The van der Waals surface area contributed by atoms with Crippen LogP contribution < -0.4 is 0 Å². The van der Waals surface area contributed by atoms with Crippen LogP contribution >= 0.6 is 0 Å². The smallest absolute Gasteiger partial charge is 0.0648 e. The van der Waals surface area contributed by atoms with E-state index in [1.807, 2.05) is 0 Å². The van der Waals surface area contributed by atoms with Crippen LogP contribution in [0.2, 0.25) is 0 Å². The molecule has 2 fully saturated rings. The third-order valence-electron chi connectivity index (χ3n) is 5.87. The molecule has 26 heavy (non-hydrogen) atoms. The summed E-state index contributed by atoms with van der Waals surface area (Å²) in [7, 11) is 0. The summed E-state index contributed by atoms with van der Waals surface area (Å²) in [4.78, 5) is 0. The van der Waals surface area contributed by atoms with E-state index in [0.29, 0.717) is 24.0 Å². The Balaban J connectivity index is 1.65. The maximum absolute atomic E-state index is 6.27. The van der Waals surface area contributed by atoms with Gasteiger partial charge in [0.25, 0.3) is 0 Å². The van der Waals surface area contributed by atoms with E-state index >= 15 is 0 Å². The van der Waals surface area contributed by atoms with E-state index in [0.717, 1.165) is 65.0 Å². The van der Waals surface area contributed by atoms with Crippen LogP contribution in [0, 0.1) is 11.8 Å². The van der Waals surface area contributed by atoms with Crippen LogP contribution in [0.25, 0.3) is 0 Å². The Morgan fingerprint density at radius 1 is 0.808 bits per heavy atom. The normalized spacial score (nSPS) is 31.2. The third-order valence-corrected chi connectivity index (χ3v) is 5.87. The monoisotopic (exact) mass is 370 g/mol. The Bertz CT molecular complexity index is 407. The van der Waals surface area contributed by atoms with Gasteiger partial charge in [-0.25, -0.2) is 0 Å². The van der Waals surface area contributed by atoms with Crippen LogP contribution in [-0.2, 0) is 18.9 Å². The minimum Gasteiger partial charge on any atom is -0.378 e. The molecule has 0 saturated carbocycles. The van der Waals surface area contributed by atoms with Crippen molar-refractivity contribution in [3.05, 3.63) is 0 Å². The fourth-order valence-corrected chi connectivity index (χ4v) is 4.26. The van der Waals surface area contributed by atoms with Gasteiger partial charge in [-0.3, -0.25) is 0 Å². The lowest BCUT2D eigenvalue weighted by Gasteiger charge is -2.35. The zero-order valence-electron chi connectivity index (χ0n) is 18.0. The molecular weight excluding hydrogens is 328 g/mol. The Hall–Kier alpha value is -0.160. The van der Waals surface area contributed by atoms with Gasteiger partial charge in [-0.1, -0.05) is 0 Å². The predicted molar refractivity (Wildman–Crippen MR) is 106 cm³/mol. The molecule has 0 aromatic carbocycles. The van der Waals surface area contributed by atoms with Gasteiger partial charge in [0.2, 0.25) is 0 Å². The van der Waals surface area contributed by atoms with Crippen molar-refractivity contribution < 1.29 is 18.9 Å². The first kappa shape index (κ1) is 22.1. The van der Waals surface area contributed by atoms with Crippen molar-refractivity contribution in [3.8, 4) is 0 Å². The molecule has 2 rings (SSSR count). The Kier molecular flexibility index (Phi) is 8.39. The number of rotatable bonds is 9. The average Bonchev–Trinajstić information content (AvgIpc) is 2.52. The topological polar surface area (TPSA) is 36.9 Å². The molecule has 154 valence electrons. The molecule has 0 N–H and O–H groups in total. The van der Waals surface area contributed by atoms with Crippen LogP contribution in [0.1, 0.15) is 80.1 Å². The van der Waals surface area contributed by atoms with Crippen molar-refractivity contribution in [2.75, 3.05) is 26.4 Å². The summed E-state index contributed by atoms with van der Waals surface area (Å²) in [6, 6.07) is 0. The van der Waals surface area contributed by atoms with E-state index in [4.69, 9.17) is 18.9 Å². The number of hydrogen-bond acceptors (Lipinski definition) is 4. The molecule has 0 aromatic rings. The van der Waals surface area contributed by atoms with E-state index < -0.39 is 0 Å². The van der Waals surface area contributed by atoms with Gasteiger partial charge in [0.05, 0.1) is 36.6 Å². The highest BCUT2D eigenvalue weighted by Gasteiger charge is 2.29. The van der Waals surface area contributed by atoms with Crippen molar-refractivity contribution in [3.63, 3.8) is 0 Å². The lowest BCUT2D eigenvalue weighted by molar-refractivity contribution is -0.101. The highest BCUT2D eigenvalue weighted by molar-refractivity contribution is 4.79. The molecule has 0 aliphatic carbocycles. The van der Waals surface area contributed by atoms with E-state index in [2.05, 4.69) is 41.5 Å². The molecule has 4 nitrogen and oxygen atoms in total. The van der Waals surface area contributed by atoms with Crippen LogP contribution in [-0.4, -0.2) is 49.8 Å². The summed E-state index contributed by atoms with van der Waals surface area (Å²) in [6.07, 6.45) is 7.36. The summed E-state index contributed by atoms with van der Waals surface area (Å²) in [6.45, 7) is 16.5. The van der Waals surface area contributed by atoms with Crippen LogP contribution in [0.5, 0.6) is 0 Å². The summed E-state index contributed by atoms with van der Waals surface area (Å²) in [5.41, 5.74) is -0.210. The highest BCUT2D eigenvalue weighted by Crippen LogP contribution is 2.30. The largest absolute Gasteiger partial charge is 0.378 e. The zero-order valence-corrected chi connectivity index (χ0v) is 18.0. The summed E-state index contributed by atoms with van der Waals surface area (Å²) in [5, 5.41) is 0. The minimum atomic E-state index is -0.134. The molecule has 0 aromatic heterocycles. The molecule has 0 bridgehead atoms. The van der Waals surface area contributed by atoms with E-state index in [1.165, 1.54) is 0 Å². The van der Waals surface area contributed by atoms with Gasteiger partial charge in [-0.2, -0.15) is 0 Å².